The number of hydrogen-bond acceptors (Lipinski definition) is 4. The number of unbranched alkanes of at least 4 members (excludes halogenated alkanes) is 1. The summed E-state index contributed by atoms with van der Waals surface area (Å²) in [5.41, 5.74) is 11.0. The van der Waals surface area contributed by atoms with Gasteiger partial charge in [-0.2, -0.15) is 0 Å². The molecule has 0 spiro atoms. The van der Waals surface area contributed by atoms with Gasteiger partial charge in [0.05, 0.1) is 6.10 Å². The van der Waals surface area contributed by atoms with Gasteiger partial charge < -0.3 is 10.5 Å². The fraction of sp³-hybridized carbons (Fsp3) is 0.556. The van der Waals surface area contributed by atoms with E-state index in [-0.39, 0.29) is 12.1 Å². The predicted molar refractivity (Wildman–Crippen MR) is 140 cm³/mol. The SMILES string of the molecule is C=C(CC)C(=C)C(CC/C(=C\CCC)CN(N)CC(N)c1cccc(Cl)c1)CC(C)OC. The maximum atomic E-state index is 6.39. The van der Waals surface area contributed by atoms with Crippen LogP contribution in [0.3, 0.4) is 0 Å². The van der Waals surface area contributed by atoms with Gasteiger partial charge in [-0.3, -0.25) is 5.84 Å². The molecule has 0 bridgehead atoms. The highest BCUT2D eigenvalue weighted by Crippen LogP contribution is 2.30. The number of nitrogens with zero attached hydrogens (tertiary/aromatic N) is 1. The average Bonchev–Trinajstić information content (AvgIpc) is 2.78. The maximum Gasteiger partial charge on any atom is 0.0549 e. The standard InChI is InChI=1S/C27H44ClN3O/c1-7-9-11-23(14-15-24(16-21(4)32-6)22(5)20(3)8-2)18-31(30)19-27(29)25-12-10-13-26(28)17-25/h10-13,17,21,24,27H,3,5,7-9,14-16,18-19,29-30H2,1-2,4,6H3/b23-11+. The van der Waals surface area contributed by atoms with Crippen molar-refractivity contribution in [3.63, 3.8) is 0 Å². The van der Waals surface area contributed by atoms with Crippen LogP contribution >= 0.6 is 11.6 Å². The Bertz CT molecular complexity index is 746. The Labute approximate surface area is 201 Å². The quantitative estimate of drug-likeness (QED) is 0.126. The van der Waals surface area contributed by atoms with Crippen molar-refractivity contribution < 1.29 is 4.74 Å². The van der Waals surface area contributed by atoms with Crippen LogP contribution in [0.1, 0.15) is 70.9 Å². The summed E-state index contributed by atoms with van der Waals surface area (Å²) < 4.78 is 5.54. The van der Waals surface area contributed by atoms with Gasteiger partial charge >= 0.3 is 0 Å². The number of hydrazine groups is 1. The zero-order chi connectivity index (χ0) is 24.1. The summed E-state index contributed by atoms with van der Waals surface area (Å²) >= 11 is 6.11. The molecule has 1 aromatic carbocycles. The molecule has 32 heavy (non-hydrogen) atoms. The van der Waals surface area contributed by atoms with E-state index in [0.717, 1.165) is 55.2 Å². The van der Waals surface area contributed by atoms with Crippen LogP contribution in [0.2, 0.25) is 5.02 Å². The molecular formula is C27H44ClN3O. The Morgan fingerprint density at radius 2 is 2.00 bits per heavy atom. The van der Waals surface area contributed by atoms with E-state index in [4.69, 9.17) is 27.9 Å². The van der Waals surface area contributed by atoms with Gasteiger partial charge in [-0.25, -0.2) is 5.01 Å². The first-order valence-electron chi connectivity index (χ1n) is 11.8. The summed E-state index contributed by atoms with van der Waals surface area (Å²) in [7, 11) is 1.77. The Kier molecular flexibility index (Phi) is 13.8. The molecule has 3 unspecified atom stereocenters. The second-order valence-corrected chi connectivity index (χ2v) is 9.18. The number of hydrogen-bond donors (Lipinski definition) is 2. The molecule has 4 nitrogen and oxygen atoms in total. The van der Waals surface area contributed by atoms with E-state index in [1.54, 1.807) is 7.11 Å². The van der Waals surface area contributed by atoms with Crippen molar-refractivity contribution in [2.45, 2.75) is 71.4 Å². The van der Waals surface area contributed by atoms with Gasteiger partial charge in [0.15, 0.2) is 0 Å². The van der Waals surface area contributed by atoms with Crippen LogP contribution in [0.4, 0.5) is 0 Å². The highest BCUT2D eigenvalue weighted by Gasteiger charge is 2.19. The Morgan fingerprint density at radius 3 is 2.59 bits per heavy atom. The maximum absolute atomic E-state index is 6.39. The Balaban J connectivity index is 2.80. The molecule has 0 saturated carbocycles. The van der Waals surface area contributed by atoms with Crippen LogP contribution in [0, 0.1) is 5.92 Å². The minimum absolute atomic E-state index is 0.186. The van der Waals surface area contributed by atoms with Crippen LogP contribution in [-0.4, -0.2) is 31.3 Å². The molecule has 1 aromatic rings. The van der Waals surface area contributed by atoms with Gasteiger partial charge in [-0.1, -0.05) is 74.4 Å². The molecule has 5 heteroatoms. The molecule has 0 fully saturated rings. The minimum atomic E-state index is -0.186. The van der Waals surface area contributed by atoms with E-state index in [2.05, 4.69) is 40.0 Å². The third-order valence-corrected chi connectivity index (χ3v) is 6.28. The van der Waals surface area contributed by atoms with Crippen LogP contribution in [-0.2, 0) is 4.74 Å². The van der Waals surface area contributed by atoms with Crippen LogP contribution in [0.5, 0.6) is 0 Å². The molecule has 4 N–H and O–H groups in total. The van der Waals surface area contributed by atoms with Crippen molar-refractivity contribution in [1.82, 2.24) is 5.01 Å². The third-order valence-electron chi connectivity index (χ3n) is 6.04. The van der Waals surface area contributed by atoms with Crippen molar-refractivity contribution >= 4 is 11.6 Å². The molecule has 0 aliphatic rings. The molecule has 0 heterocycles. The first kappa shape index (κ1) is 28.6. The molecule has 0 saturated heterocycles. The van der Waals surface area contributed by atoms with Gasteiger partial charge in [-0.15, -0.1) is 0 Å². The number of halogens is 1. The number of nitrogens with two attached hydrogens (primary N) is 2. The summed E-state index contributed by atoms with van der Waals surface area (Å²) in [5, 5.41) is 2.51. The van der Waals surface area contributed by atoms with Crippen molar-refractivity contribution in [3.8, 4) is 0 Å². The van der Waals surface area contributed by atoms with Gasteiger partial charge in [0.2, 0.25) is 0 Å². The predicted octanol–water partition coefficient (Wildman–Crippen LogP) is 6.59. The lowest BCUT2D eigenvalue weighted by molar-refractivity contribution is 0.0985. The van der Waals surface area contributed by atoms with Gasteiger partial charge in [-0.05, 0) is 68.2 Å². The van der Waals surface area contributed by atoms with E-state index in [1.807, 2.05) is 29.3 Å². The number of rotatable bonds is 16. The largest absolute Gasteiger partial charge is 0.382 e. The Hall–Kier alpha value is -1.43. The average molecular weight is 462 g/mol. The molecule has 0 amide bonds. The van der Waals surface area contributed by atoms with Crippen molar-refractivity contribution in [3.05, 3.63) is 70.8 Å². The number of allylic oxidation sites excluding steroid dienone is 3. The molecule has 180 valence electrons. The summed E-state index contributed by atoms with van der Waals surface area (Å²) in [6.45, 7) is 16.3. The van der Waals surface area contributed by atoms with Gasteiger partial charge in [0.1, 0.15) is 0 Å². The lowest BCUT2D eigenvalue weighted by atomic mass is 9.84. The zero-order valence-corrected chi connectivity index (χ0v) is 21.3. The third kappa shape index (κ3) is 10.5. The molecule has 0 aliphatic heterocycles. The molecule has 0 aromatic heterocycles. The van der Waals surface area contributed by atoms with E-state index in [1.165, 1.54) is 5.57 Å². The van der Waals surface area contributed by atoms with Gasteiger partial charge in [0, 0.05) is 31.3 Å². The van der Waals surface area contributed by atoms with Crippen LogP contribution < -0.4 is 11.6 Å². The summed E-state index contributed by atoms with van der Waals surface area (Å²) in [4.78, 5) is 0. The highest BCUT2D eigenvalue weighted by atomic mass is 35.5. The number of benzene rings is 1. The second kappa shape index (κ2) is 15.4. The molecule has 0 aliphatic carbocycles. The van der Waals surface area contributed by atoms with E-state index >= 15 is 0 Å². The van der Waals surface area contributed by atoms with Crippen molar-refractivity contribution in [2.75, 3.05) is 20.2 Å². The first-order chi connectivity index (χ1) is 15.2. The highest BCUT2D eigenvalue weighted by molar-refractivity contribution is 6.30. The molecule has 0 radical (unpaired) electrons. The van der Waals surface area contributed by atoms with Crippen LogP contribution in [0.15, 0.2) is 60.2 Å². The summed E-state index contributed by atoms with van der Waals surface area (Å²) in [5.74, 6) is 6.74. The summed E-state index contributed by atoms with van der Waals surface area (Å²) in [6.07, 6.45) is 8.52. The second-order valence-electron chi connectivity index (χ2n) is 8.74. The Morgan fingerprint density at radius 1 is 1.28 bits per heavy atom. The van der Waals surface area contributed by atoms with Crippen molar-refractivity contribution in [2.24, 2.45) is 17.5 Å². The summed E-state index contributed by atoms with van der Waals surface area (Å²) in [6, 6.07) is 7.48. The van der Waals surface area contributed by atoms with Crippen LogP contribution in [0.25, 0.3) is 0 Å². The lowest BCUT2D eigenvalue weighted by Gasteiger charge is -2.26. The fourth-order valence-electron chi connectivity index (χ4n) is 3.82. The monoisotopic (exact) mass is 461 g/mol. The minimum Gasteiger partial charge on any atom is -0.382 e. The van der Waals surface area contributed by atoms with E-state index in [0.29, 0.717) is 24.0 Å². The lowest BCUT2D eigenvalue weighted by Crippen LogP contribution is -2.39. The zero-order valence-electron chi connectivity index (χ0n) is 20.6. The molecular weight excluding hydrogens is 418 g/mol. The molecule has 1 rings (SSSR count). The normalized spacial score (nSPS) is 14.9. The van der Waals surface area contributed by atoms with Gasteiger partial charge in [0.25, 0.3) is 0 Å². The van der Waals surface area contributed by atoms with Crippen molar-refractivity contribution in [1.29, 1.82) is 0 Å². The van der Waals surface area contributed by atoms with E-state index in [9.17, 15) is 0 Å². The first-order valence-corrected chi connectivity index (χ1v) is 12.2. The fourth-order valence-corrected chi connectivity index (χ4v) is 4.02. The number of ether oxygens (including phenoxy) is 1. The molecule has 3 atom stereocenters. The smallest absolute Gasteiger partial charge is 0.0549 e. The topological polar surface area (TPSA) is 64.5 Å². The number of methoxy groups -OCH3 is 1. The van der Waals surface area contributed by atoms with E-state index < -0.39 is 0 Å².